The number of rotatable bonds is 13. The van der Waals surface area contributed by atoms with Crippen molar-refractivity contribution < 1.29 is 17.1 Å². The van der Waals surface area contributed by atoms with Crippen molar-refractivity contribution in [2.24, 2.45) is 0 Å². The summed E-state index contributed by atoms with van der Waals surface area (Å²) >= 11 is 0. The zero-order chi connectivity index (χ0) is 19.1. The molecule has 0 bridgehead atoms. The lowest BCUT2D eigenvalue weighted by Gasteiger charge is -2.39. The van der Waals surface area contributed by atoms with Gasteiger partial charge in [0.05, 0.1) is 0 Å². The van der Waals surface area contributed by atoms with Gasteiger partial charge in [-0.05, 0) is 47.3 Å². The van der Waals surface area contributed by atoms with Crippen molar-refractivity contribution in [1.29, 1.82) is 0 Å². The van der Waals surface area contributed by atoms with Crippen molar-refractivity contribution in [3.05, 3.63) is 85.9 Å². The zero-order valence-electron chi connectivity index (χ0n) is 14.7. The van der Waals surface area contributed by atoms with Crippen molar-refractivity contribution in [1.82, 2.24) is 0 Å². The Balaban J connectivity index is 5.94. The fourth-order valence-electron chi connectivity index (χ4n) is 1.67. The first-order chi connectivity index (χ1) is 11.0. The van der Waals surface area contributed by atoms with Gasteiger partial charge in [-0.3, -0.25) is 0 Å². The van der Waals surface area contributed by atoms with Crippen LogP contribution in [-0.2, 0) is 12.3 Å². The minimum atomic E-state index is -3.36. The Morgan fingerprint density at radius 1 is 0.583 bits per heavy atom. The maximum absolute atomic E-state index is 10.5. The van der Waals surface area contributed by atoms with Gasteiger partial charge in [0.1, 0.15) is 0 Å². The molecule has 0 rings (SSSR count). The molecule has 0 atom stereocenters. The molecule has 0 heterocycles. The van der Waals surface area contributed by atoms with Crippen LogP contribution in [0.25, 0.3) is 0 Å². The molecule has 0 aliphatic heterocycles. The second-order valence-electron chi connectivity index (χ2n) is 5.53. The predicted octanol–water partition coefficient (Wildman–Crippen LogP) is 3.64. The van der Waals surface area contributed by atoms with Gasteiger partial charge in [-0.25, -0.2) is 0 Å². The predicted molar refractivity (Wildman–Crippen MR) is 112 cm³/mol. The highest BCUT2D eigenvalue weighted by Crippen LogP contribution is 2.27. The van der Waals surface area contributed by atoms with Crippen LogP contribution < -0.4 is 0 Å². The molecular weight excluding hydrogens is 369 g/mol. The van der Waals surface area contributed by atoms with E-state index < -0.39 is 34.0 Å². The highest BCUT2D eigenvalue weighted by atomic mass is 28.5. The number of hydrogen-bond donors (Lipinski definition) is 1. The van der Waals surface area contributed by atoms with Crippen molar-refractivity contribution in [3.8, 4) is 0 Å². The summed E-state index contributed by atoms with van der Waals surface area (Å²) in [7, 11) is -11.8. The van der Waals surface area contributed by atoms with E-state index in [9.17, 15) is 4.80 Å². The van der Waals surface area contributed by atoms with Gasteiger partial charge in [-0.2, -0.15) is 0 Å². The summed E-state index contributed by atoms with van der Waals surface area (Å²) in [6.45, 7) is 30.3. The van der Waals surface area contributed by atoms with Crippen molar-refractivity contribution in [2.45, 2.75) is 13.1 Å². The van der Waals surface area contributed by atoms with E-state index in [1.807, 2.05) is 13.1 Å². The third-order valence-electron chi connectivity index (χ3n) is 3.28. The number of hydrogen-bond acceptors (Lipinski definition) is 4. The summed E-state index contributed by atoms with van der Waals surface area (Å²) in [5.74, 6) is 0. The molecule has 24 heavy (non-hydrogen) atoms. The summed E-state index contributed by atoms with van der Waals surface area (Å²) in [6, 6.07) is 0. The zero-order valence-corrected chi connectivity index (χ0v) is 18.7. The van der Waals surface area contributed by atoms with Crippen LogP contribution in [0.2, 0.25) is 13.1 Å². The van der Waals surface area contributed by atoms with Gasteiger partial charge in [-0.15, -0.1) is 46.1 Å². The topological polar surface area (TPSA) is 47.9 Å². The second kappa shape index (κ2) is 8.83. The van der Waals surface area contributed by atoms with Gasteiger partial charge in [0.25, 0.3) is 0 Å². The molecule has 8 heteroatoms. The Labute approximate surface area is 150 Å². The van der Waals surface area contributed by atoms with Gasteiger partial charge in [0.15, 0.2) is 0 Å². The molecule has 0 fully saturated rings. The van der Waals surface area contributed by atoms with E-state index in [-0.39, 0.29) is 0 Å². The van der Waals surface area contributed by atoms with Crippen LogP contribution in [0.5, 0.6) is 0 Å². The molecule has 0 aliphatic rings. The monoisotopic (exact) mass is 396 g/mol. The highest BCUT2D eigenvalue weighted by molar-refractivity contribution is 6.98. The van der Waals surface area contributed by atoms with Crippen LogP contribution in [0.3, 0.4) is 0 Å². The average molecular weight is 397 g/mol. The molecule has 0 amide bonds. The molecule has 4 nitrogen and oxygen atoms in total. The van der Waals surface area contributed by atoms with Gasteiger partial charge < -0.3 is 17.1 Å². The van der Waals surface area contributed by atoms with Crippen LogP contribution in [0, 0.1) is 0 Å². The van der Waals surface area contributed by atoms with Crippen LogP contribution in [-0.4, -0.2) is 38.8 Å². The van der Waals surface area contributed by atoms with Crippen LogP contribution in [0.4, 0.5) is 0 Å². The Bertz CT molecular complexity index is 518. The lowest BCUT2D eigenvalue weighted by Crippen LogP contribution is -2.59. The molecular formula is C16H28O4Si4. The second-order valence-corrected chi connectivity index (χ2v) is 18.4. The molecule has 0 aromatic heterocycles. The van der Waals surface area contributed by atoms with E-state index in [0.717, 1.165) is 0 Å². The fraction of sp³-hybridized carbons (Fsp3) is 0.125. The summed E-state index contributed by atoms with van der Waals surface area (Å²) in [4.78, 5) is 10.5. The fourth-order valence-corrected chi connectivity index (χ4v) is 14.2. The first-order valence-corrected chi connectivity index (χ1v) is 16.3. The molecule has 0 aromatic rings. The van der Waals surface area contributed by atoms with Gasteiger partial charge in [-0.1, -0.05) is 5.70 Å². The molecule has 1 N–H and O–H groups in total. The van der Waals surface area contributed by atoms with E-state index in [1.165, 1.54) is 22.8 Å². The Kier molecular flexibility index (Phi) is 8.42. The summed E-state index contributed by atoms with van der Waals surface area (Å²) in [6.07, 6.45) is 0. The molecule has 0 saturated carbocycles. The Hall–Kier alpha value is -1.11. The van der Waals surface area contributed by atoms with Crippen LogP contribution >= 0.6 is 0 Å². The molecule has 132 valence electrons. The maximum Gasteiger partial charge on any atom is 0.379 e. The standard InChI is InChI=1S/C16H28O4Si4/c1-10-21(8,9)18-23(13-4,14-5)20-24(15-6,16-7)19-22(17,11-2)12-3/h10-17H,1-7H2,8-9H3. The minimum Gasteiger partial charge on any atom is -0.427 e. The van der Waals surface area contributed by atoms with Gasteiger partial charge >= 0.3 is 25.7 Å². The summed E-state index contributed by atoms with van der Waals surface area (Å²) in [5, 5.41) is 0. The quantitative estimate of drug-likeness (QED) is 0.483. The average Bonchev–Trinajstić information content (AvgIpc) is 2.60. The SMILES string of the molecule is C=C[Si](C)(C)O[Si](C=C)(C=C)O[Si](C=C)(C=C)O[Si](O)(C=C)C=C. The van der Waals surface area contributed by atoms with Crippen molar-refractivity contribution in [2.75, 3.05) is 0 Å². The smallest absolute Gasteiger partial charge is 0.379 e. The summed E-state index contributed by atoms with van der Waals surface area (Å²) in [5.41, 5.74) is 10.8. The Morgan fingerprint density at radius 3 is 1.25 bits per heavy atom. The first-order valence-electron chi connectivity index (χ1n) is 7.33. The molecule has 0 radical (unpaired) electrons. The first kappa shape index (κ1) is 22.9. The van der Waals surface area contributed by atoms with E-state index in [0.29, 0.717) is 0 Å². The Morgan fingerprint density at radius 2 is 0.958 bits per heavy atom. The molecule has 0 unspecified atom stereocenters. The van der Waals surface area contributed by atoms with Gasteiger partial charge in [0, 0.05) is 0 Å². The summed E-state index contributed by atoms with van der Waals surface area (Å²) < 4.78 is 18.5. The molecule has 0 spiro atoms. The van der Waals surface area contributed by atoms with E-state index >= 15 is 0 Å². The highest BCUT2D eigenvalue weighted by Gasteiger charge is 2.48. The third-order valence-corrected chi connectivity index (χ3v) is 16.2. The van der Waals surface area contributed by atoms with Crippen LogP contribution in [0.15, 0.2) is 85.9 Å². The lowest BCUT2D eigenvalue weighted by atomic mass is 11.2. The van der Waals surface area contributed by atoms with Crippen LogP contribution in [0.1, 0.15) is 0 Å². The van der Waals surface area contributed by atoms with Crippen molar-refractivity contribution in [3.63, 3.8) is 0 Å². The third kappa shape index (κ3) is 5.76. The lowest BCUT2D eigenvalue weighted by molar-refractivity contribution is 0.319. The van der Waals surface area contributed by atoms with E-state index in [4.69, 9.17) is 12.3 Å². The minimum absolute atomic E-state index is 1.35. The van der Waals surface area contributed by atoms with E-state index in [2.05, 4.69) is 46.1 Å². The normalized spacial score (nSPS) is 12.8. The molecule has 0 saturated heterocycles. The van der Waals surface area contributed by atoms with E-state index in [1.54, 1.807) is 17.1 Å². The molecule has 0 aromatic carbocycles. The molecule has 0 aliphatic carbocycles. The van der Waals surface area contributed by atoms with Gasteiger partial charge in [0.2, 0.25) is 8.32 Å². The largest absolute Gasteiger partial charge is 0.427 e. The van der Waals surface area contributed by atoms with Crippen molar-refractivity contribution >= 4 is 34.0 Å². The maximum atomic E-state index is 10.5.